The van der Waals surface area contributed by atoms with Gasteiger partial charge in [0.1, 0.15) is 0 Å². The molecule has 9 heavy (non-hydrogen) atoms. The zero-order valence-electron chi connectivity index (χ0n) is 5.78. The molecule has 0 aliphatic rings. The first kappa shape index (κ1) is 39.0. The maximum Gasteiger partial charge on any atom is 2.00 e. The molecule has 0 saturated heterocycles. The fraction of sp³-hybridized carbons (Fsp3) is 0.500. The first-order chi connectivity index (χ1) is 1.73. The van der Waals surface area contributed by atoms with Gasteiger partial charge in [-0.05, 0) is 6.92 Å². The molecule has 0 heterocycles. The quantitative estimate of drug-likeness (QED) is 0.377. The fourth-order valence-corrected chi connectivity index (χ4v) is 0. The van der Waals surface area contributed by atoms with Crippen LogP contribution >= 0.6 is 0 Å². The zero-order valence-corrected chi connectivity index (χ0v) is 12.6. The number of aliphatic carboxylic acids is 1. The maximum absolute atomic E-state index is 8.89. The Hall–Kier alpha value is 3.54. The van der Waals surface area contributed by atoms with Crippen molar-refractivity contribution < 1.29 is 105 Å². The molecule has 40 valence electrons. The molecule has 0 aliphatic heterocycles. The number of carboxylic acids is 1. The van der Waals surface area contributed by atoms with Crippen LogP contribution in [0, 0.1) is 0 Å². The number of hydrogen-bond acceptors (Lipinski definition) is 2. The number of carboxylic acid groups (broad SMARTS) is 1. The van der Waals surface area contributed by atoms with Crippen LogP contribution < -0.4 is 100 Å². The molecule has 0 atom stereocenters. The van der Waals surface area contributed by atoms with Gasteiger partial charge in [0.05, 0.1) is 0 Å². The third-order valence-corrected chi connectivity index (χ3v) is 0. The molecule has 0 saturated carbocycles. The molecule has 7 heteroatoms. The standard InChI is InChI=1S/C2H4O2.Ca.2ClH.K.Li/c1-2(3)4;;;;;/h1H3,(H,3,4);;2*1H;;/q;+2;;;2*+1/p-3. The van der Waals surface area contributed by atoms with Crippen molar-refractivity contribution >= 4 is 43.7 Å². The second-order valence-corrected chi connectivity index (χ2v) is 0.492. The van der Waals surface area contributed by atoms with E-state index in [-0.39, 0.29) is 133 Å². The van der Waals surface area contributed by atoms with Crippen LogP contribution in [0.1, 0.15) is 6.92 Å². The summed E-state index contributed by atoms with van der Waals surface area (Å²) in [4.78, 5) is 8.89. The number of rotatable bonds is 0. The first-order valence-electron chi connectivity index (χ1n) is 0.908. The molecule has 0 fully saturated rings. The maximum atomic E-state index is 8.89. The molecule has 0 aromatic heterocycles. The minimum Gasteiger partial charge on any atom is -1.00 e. The Morgan fingerprint density at radius 3 is 1.33 bits per heavy atom. The summed E-state index contributed by atoms with van der Waals surface area (Å²) in [5.41, 5.74) is 0. The van der Waals surface area contributed by atoms with Gasteiger partial charge in [-0.2, -0.15) is 0 Å². The number of hydrogen-bond donors (Lipinski definition) is 0. The predicted octanol–water partition coefficient (Wildman–Crippen LogP) is -13.6. The van der Waals surface area contributed by atoms with Crippen molar-refractivity contribution in [3.63, 3.8) is 0 Å². The van der Waals surface area contributed by atoms with Crippen LogP contribution in [0.15, 0.2) is 0 Å². The van der Waals surface area contributed by atoms with E-state index >= 15 is 0 Å². The summed E-state index contributed by atoms with van der Waals surface area (Å²) in [5, 5.41) is 8.89. The zero-order chi connectivity index (χ0) is 3.58. The Bertz CT molecular complexity index is 45.5. The molecule has 0 unspecified atom stereocenters. The molecule has 0 spiro atoms. The predicted molar refractivity (Wildman–Crippen MR) is 16.4 cm³/mol. The second kappa shape index (κ2) is 30.0. The van der Waals surface area contributed by atoms with Crippen LogP contribution in [0.2, 0.25) is 0 Å². The monoisotopic (exact) mass is 215 g/mol. The van der Waals surface area contributed by atoms with Crippen molar-refractivity contribution in [2.24, 2.45) is 0 Å². The number of halogens is 2. The third-order valence-electron chi connectivity index (χ3n) is 0. The Morgan fingerprint density at radius 1 is 1.33 bits per heavy atom. The largest absolute Gasteiger partial charge is 2.00 e. The number of carbonyl (C=O) groups excluding carboxylic acids is 1. The van der Waals surface area contributed by atoms with E-state index in [4.69, 9.17) is 9.90 Å². The van der Waals surface area contributed by atoms with Crippen molar-refractivity contribution in [3.8, 4) is 0 Å². The molecular formula is C2H3CaCl2KLiO2+. The fourth-order valence-electron chi connectivity index (χ4n) is 0. The average molecular weight is 216 g/mol. The van der Waals surface area contributed by atoms with E-state index in [1.54, 1.807) is 0 Å². The molecular weight excluding hydrogens is 213 g/mol. The minimum absolute atomic E-state index is 0. The molecule has 0 aromatic carbocycles. The topological polar surface area (TPSA) is 40.1 Å². The molecule has 2 nitrogen and oxygen atoms in total. The second-order valence-electron chi connectivity index (χ2n) is 0.492. The van der Waals surface area contributed by atoms with Gasteiger partial charge in [-0.1, -0.05) is 0 Å². The van der Waals surface area contributed by atoms with Gasteiger partial charge in [-0.3, -0.25) is 0 Å². The van der Waals surface area contributed by atoms with Crippen molar-refractivity contribution in [1.29, 1.82) is 0 Å². The van der Waals surface area contributed by atoms with Crippen molar-refractivity contribution in [1.82, 2.24) is 0 Å². The molecule has 0 N–H and O–H groups in total. The van der Waals surface area contributed by atoms with Crippen LogP contribution in [-0.4, -0.2) is 43.7 Å². The molecule has 0 bridgehead atoms. The van der Waals surface area contributed by atoms with E-state index in [0.717, 1.165) is 6.92 Å². The smallest absolute Gasteiger partial charge is 1.00 e. The molecule has 0 rings (SSSR count). The molecule has 0 radical (unpaired) electrons. The summed E-state index contributed by atoms with van der Waals surface area (Å²) >= 11 is 0. The van der Waals surface area contributed by atoms with E-state index in [1.165, 1.54) is 0 Å². The minimum atomic E-state index is -1.08. The van der Waals surface area contributed by atoms with Crippen molar-refractivity contribution in [2.45, 2.75) is 6.92 Å². The van der Waals surface area contributed by atoms with Gasteiger partial charge in [-0.25, -0.2) is 0 Å². The van der Waals surface area contributed by atoms with Gasteiger partial charge in [0.25, 0.3) is 0 Å². The summed E-state index contributed by atoms with van der Waals surface area (Å²) in [6.45, 7) is 0.972. The van der Waals surface area contributed by atoms with Gasteiger partial charge in [-0.15, -0.1) is 0 Å². The van der Waals surface area contributed by atoms with Gasteiger partial charge < -0.3 is 34.7 Å². The summed E-state index contributed by atoms with van der Waals surface area (Å²) in [6, 6.07) is 0. The van der Waals surface area contributed by atoms with E-state index in [9.17, 15) is 0 Å². The summed E-state index contributed by atoms with van der Waals surface area (Å²) < 4.78 is 0. The molecule has 0 amide bonds. The van der Waals surface area contributed by atoms with E-state index in [2.05, 4.69) is 0 Å². The average Bonchev–Trinajstić information content (AvgIpc) is 0.811. The normalized spacial score (nSPS) is 2.78. The first-order valence-corrected chi connectivity index (χ1v) is 0.908. The van der Waals surface area contributed by atoms with Gasteiger partial charge in [0, 0.05) is 5.97 Å². The van der Waals surface area contributed by atoms with E-state index in [1.807, 2.05) is 0 Å². The summed E-state index contributed by atoms with van der Waals surface area (Å²) in [5.74, 6) is -1.08. The van der Waals surface area contributed by atoms with E-state index in [0.29, 0.717) is 0 Å². The van der Waals surface area contributed by atoms with Gasteiger partial charge >= 0.3 is 108 Å². The SMILES string of the molecule is CC(=O)[O-].[Ca+2].[Cl-].[Cl-].[K+].[Li+]. The van der Waals surface area contributed by atoms with Crippen LogP contribution in [0.4, 0.5) is 0 Å². The number of carbonyl (C=O) groups is 1. The van der Waals surface area contributed by atoms with Crippen LogP contribution in [-0.2, 0) is 4.79 Å². The summed E-state index contributed by atoms with van der Waals surface area (Å²) in [7, 11) is 0. The Balaban J connectivity index is -0.00000000450. The molecule has 0 aliphatic carbocycles. The molecule has 0 aromatic rings. The Morgan fingerprint density at radius 2 is 1.33 bits per heavy atom. The van der Waals surface area contributed by atoms with Crippen molar-refractivity contribution in [3.05, 3.63) is 0 Å². The van der Waals surface area contributed by atoms with Gasteiger partial charge in [0.2, 0.25) is 0 Å². The van der Waals surface area contributed by atoms with Crippen LogP contribution in [0.25, 0.3) is 0 Å². The Labute approximate surface area is 152 Å². The summed E-state index contributed by atoms with van der Waals surface area (Å²) in [6.07, 6.45) is 0. The van der Waals surface area contributed by atoms with Gasteiger partial charge in [0.15, 0.2) is 0 Å². The van der Waals surface area contributed by atoms with E-state index < -0.39 is 5.97 Å². The van der Waals surface area contributed by atoms with Crippen LogP contribution in [0.5, 0.6) is 0 Å². The van der Waals surface area contributed by atoms with Crippen molar-refractivity contribution in [2.75, 3.05) is 0 Å². The Kier molecular flexibility index (Phi) is 130. The van der Waals surface area contributed by atoms with Crippen LogP contribution in [0.3, 0.4) is 0 Å². The third kappa shape index (κ3) is 83.7.